The van der Waals surface area contributed by atoms with Gasteiger partial charge in [0.2, 0.25) is 11.8 Å². The predicted octanol–water partition coefficient (Wildman–Crippen LogP) is 0.913. The van der Waals surface area contributed by atoms with E-state index >= 15 is 0 Å². The quantitative estimate of drug-likeness (QED) is 0.596. The average molecular weight is 349 g/mol. The summed E-state index contributed by atoms with van der Waals surface area (Å²) in [5, 5.41) is 13.3. The highest BCUT2D eigenvalue weighted by Crippen LogP contribution is 2.12. The number of carboxylic acid groups (broad SMARTS) is 1. The number of hydrogen-bond acceptors (Lipinski definition) is 6. The van der Waals surface area contributed by atoms with Gasteiger partial charge >= 0.3 is 5.97 Å². The number of hydrogen-bond donors (Lipinski definition) is 3. The summed E-state index contributed by atoms with van der Waals surface area (Å²) in [6, 6.07) is -0.878. The van der Waals surface area contributed by atoms with Gasteiger partial charge in [-0.1, -0.05) is 32.5 Å². The fourth-order valence-corrected chi connectivity index (χ4v) is 2.33. The van der Waals surface area contributed by atoms with Gasteiger partial charge in [-0.2, -0.15) is 0 Å². The first-order valence-electron chi connectivity index (χ1n) is 7.45. The lowest BCUT2D eigenvalue weighted by Gasteiger charge is -2.20. The van der Waals surface area contributed by atoms with Crippen molar-refractivity contribution in [1.29, 1.82) is 0 Å². The number of nitrogens with one attached hydrogen (secondary N) is 2. The molecule has 0 bridgehead atoms. The van der Waals surface area contributed by atoms with Crippen LogP contribution in [0.4, 0.5) is 4.79 Å². The third-order valence-electron chi connectivity index (χ3n) is 2.69. The summed E-state index contributed by atoms with van der Waals surface area (Å²) in [6.45, 7) is 5.59. The Kier molecular flexibility index (Phi) is 14.4. The van der Waals surface area contributed by atoms with Gasteiger partial charge in [0.1, 0.15) is 6.04 Å². The molecule has 0 fully saturated rings. The highest BCUT2D eigenvalue weighted by Gasteiger charge is 2.24. The van der Waals surface area contributed by atoms with Gasteiger partial charge in [-0.25, -0.2) is 0 Å². The zero-order valence-electron chi connectivity index (χ0n) is 14.3. The number of nitrogens with zero attached hydrogens (tertiary/aromatic N) is 1. The van der Waals surface area contributed by atoms with Crippen LogP contribution in [0.1, 0.15) is 33.6 Å². The van der Waals surface area contributed by atoms with Gasteiger partial charge in [0, 0.05) is 32.2 Å². The molecule has 1 unspecified atom stereocenters. The fourth-order valence-electron chi connectivity index (χ4n) is 1.36. The molecule has 8 nitrogen and oxygen atoms in total. The molecule has 1 atom stereocenters. The number of likely N-dealkylation sites (N-methyl/N-ethyl adjacent to an activating group) is 1. The zero-order chi connectivity index (χ0) is 18.4. The molecule has 0 aliphatic heterocycles. The Labute approximate surface area is 141 Å². The molecule has 3 N–H and O–H groups in total. The van der Waals surface area contributed by atoms with Crippen LogP contribution >= 0.6 is 11.8 Å². The number of aliphatic carboxylic acids is 1. The van der Waals surface area contributed by atoms with Crippen molar-refractivity contribution in [1.82, 2.24) is 15.5 Å². The second-order valence-electron chi connectivity index (χ2n) is 4.08. The Bertz CT molecular complexity index is 404. The van der Waals surface area contributed by atoms with Gasteiger partial charge in [-0.05, 0) is 7.05 Å². The van der Waals surface area contributed by atoms with Gasteiger partial charge in [0.25, 0.3) is 5.24 Å². The number of imide groups is 1. The second kappa shape index (κ2) is 14.0. The third-order valence-corrected chi connectivity index (χ3v) is 3.65. The van der Waals surface area contributed by atoms with E-state index in [0.29, 0.717) is 0 Å². The smallest absolute Gasteiger partial charge is 0.321 e. The Morgan fingerprint density at radius 2 is 1.74 bits per heavy atom. The minimum Gasteiger partial charge on any atom is -0.480 e. The van der Waals surface area contributed by atoms with Crippen molar-refractivity contribution in [2.75, 3.05) is 26.4 Å². The van der Waals surface area contributed by atoms with Gasteiger partial charge in [0.05, 0.1) is 0 Å². The maximum Gasteiger partial charge on any atom is 0.321 e. The number of carbonyl (C=O) groups is 4. The van der Waals surface area contributed by atoms with E-state index in [2.05, 4.69) is 10.6 Å². The van der Waals surface area contributed by atoms with Crippen LogP contribution in [0, 0.1) is 0 Å². The Morgan fingerprint density at radius 3 is 2.13 bits per heavy atom. The summed E-state index contributed by atoms with van der Waals surface area (Å²) in [7, 11) is 2.94. The summed E-state index contributed by atoms with van der Waals surface area (Å²) in [5.74, 6) is -1.75. The SMILES string of the molecule is CC.CCC(=O)N(CCC(=O)NC)C(=O)SCC(NC)C(=O)O. The van der Waals surface area contributed by atoms with Crippen molar-refractivity contribution in [3.05, 3.63) is 0 Å². The van der Waals surface area contributed by atoms with Gasteiger partial charge in [-0.15, -0.1) is 0 Å². The number of thioether (sulfide) groups is 1. The molecule has 3 amide bonds. The second-order valence-corrected chi connectivity index (χ2v) is 5.05. The van der Waals surface area contributed by atoms with Crippen LogP contribution in [0.15, 0.2) is 0 Å². The Hall–Kier alpha value is -1.61. The van der Waals surface area contributed by atoms with Crippen molar-refractivity contribution < 1.29 is 24.3 Å². The molecule has 23 heavy (non-hydrogen) atoms. The van der Waals surface area contributed by atoms with Gasteiger partial charge in [0.15, 0.2) is 0 Å². The molecular weight excluding hydrogens is 322 g/mol. The first kappa shape index (κ1) is 23.7. The van der Waals surface area contributed by atoms with E-state index in [4.69, 9.17) is 5.11 Å². The first-order valence-corrected chi connectivity index (χ1v) is 8.43. The van der Waals surface area contributed by atoms with E-state index < -0.39 is 23.2 Å². The van der Waals surface area contributed by atoms with Crippen LogP contribution < -0.4 is 10.6 Å². The highest BCUT2D eigenvalue weighted by molar-refractivity contribution is 8.13. The number of carboxylic acids is 1. The average Bonchev–Trinajstić information content (AvgIpc) is 2.56. The van der Waals surface area contributed by atoms with Crippen LogP contribution in [0.25, 0.3) is 0 Å². The maximum atomic E-state index is 12.0. The van der Waals surface area contributed by atoms with E-state index in [-0.39, 0.29) is 31.0 Å². The van der Waals surface area contributed by atoms with E-state index in [1.807, 2.05) is 13.8 Å². The summed E-state index contributed by atoms with van der Waals surface area (Å²) in [4.78, 5) is 46.7. The third kappa shape index (κ3) is 9.90. The Morgan fingerprint density at radius 1 is 1.17 bits per heavy atom. The standard InChI is InChI=1S/C12H21N3O5S.C2H6/c1-4-10(17)15(6-5-9(16)14-3)12(20)21-7-8(13-2)11(18)19;1-2/h8,13H,4-7H2,1-3H3,(H,14,16)(H,18,19);1-2H3. The Balaban J connectivity index is 0. The summed E-state index contributed by atoms with van der Waals surface area (Å²) >= 11 is 0.740. The zero-order valence-corrected chi connectivity index (χ0v) is 15.2. The number of amides is 3. The minimum atomic E-state index is -1.07. The molecule has 0 rings (SSSR count). The van der Waals surface area contributed by atoms with Crippen molar-refractivity contribution in [3.63, 3.8) is 0 Å². The first-order chi connectivity index (χ1) is 10.9. The topological polar surface area (TPSA) is 116 Å². The van der Waals surface area contributed by atoms with Crippen molar-refractivity contribution in [2.24, 2.45) is 0 Å². The molecule has 0 aromatic carbocycles. The lowest BCUT2D eigenvalue weighted by molar-refractivity contribution is -0.138. The summed E-state index contributed by atoms with van der Waals surface area (Å²) in [5.41, 5.74) is 0. The van der Waals surface area contributed by atoms with E-state index in [1.165, 1.54) is 14.1 Å². The van der Waals surface area contributed by atoms with Crippen LogP contribution in [0.5, 0.6) is 0 Å². The monoisotopic (exact) mass is 349 g/mol. The molecule has 0 saturated heterocycles. The molecule has 9 heteroatoms. The van der Waals surface area contributed by atoms with E-state index in [0.717, 1.165) is 16.7 Å². The van der Waals surface area contributed by atoms with Gasteiger partial charge in [-0.3, -0.25) is 24.1 Å². The summed E-state index contributed by atoms with van der Waals surface area (Å²) < 4.78 is 0. The van der Waals surface area contributed by atoms with Crippen molar-refractivity contribution in [2.45, 2.75) is 39.7 Å². The molecule has 0 spiro atoms. The van der Waals surface area contributed by atoms with Crippen LogP contribution in [0.2, 0.25) is 0 Å². The number of carbonyl (C=O) groups excluding carboxylic acids is 3. The highest BCUT2D eigenvalue weighted by atomic mass is 32.2. The fraction of sp³-hybridized carbons (Fsp3) is 0.714. The normalized spacial score (nSPS) is 10.8. The largest absolute Gasteiger partial charge is 0.480 e. The van der Waals surface area contributed by atoms with Gasteiger partial charge < -0.3 is 15.7 Å². The van der Waals surface area contributed by atoms with Crippen LogP contribution in [-0.4, -0.2) is 65.5 Å². The molecular formula is C14H27N3O5S. The van der Waals surface area contributed by atoms with Crippen LogP contribution in [0.3, 0.4) is 0 Å². The molecule has 0 heterocycles. The molecule has 0 saturated carbocycles. The van der Waals surface area contributed by atoms with Crippen LogP contribution in [-0.2, 0) is 14.4 Å². The number of rotatable bonds is 8. The van der Waals surface area contributed by atoms with E-state index in [1.54, 1.807) is 6.92 Å². The lowest BCUT2D eigenvalue weighted by atomic mass is 10.3. The van der Waals surface area contributed by atoms with Crippen molar-refractivity contribution >= 4 is 34.8 Å². The molecule has 0 aliphatic rings. The summed E-state index contributed by atoms with van der Waals surface area (Å²) in [6.07, 6.45) is 0.150. The molecule has 0 aromatic heterocycles. The predicted molar refractivity (Wildman–Crippen MR) is 90.4 cm³/mol. The maximum absolute atomic E-state index is 12.0. The molecule has 0 aromatic rings. The van der Waals surface area contributed by atoms with E-state index in [9.17, 15) is 19.2 Å². The molecule has 0 radical (unpaired) electrons. The molecule has 0 aliphatic carbocycles. The van der Waals surface area contributed by atoms with Crippen molar-refractivity contribution in [3.8, 4) is 0 Å². The molecule has 134 valence electrons. The lowest BCUT2D eigenvalue weighted by Crippen LogP contribution is -2.40. The minimum absolute atomic E-state index is 0.00185.